The number of hydrogen-bond donors (Lipinski definition) is 1. The summed E-state index contributed by atoms with van der Waals surface area (Å²) in [7, 11) is 0. The third-order valence-corrected chi connectivity index (χ3v) is 3.69. The molecule has 0 fully saturated rings. The summed E-state index contributed by atoms with van der Waals surface area (Å²) in [6.07, 6.45) is -4.51. The van der Waals surface area contributed by atoms with E-state index in [0.717, 1.165) is 16.7 Å². The predicted octanol–water partition coefficient (Wildman–Crippen LogP) is 1.77. The molecule has 0 aliphatic carbocycles. The highest BCUT2D eigenvalue weighted by Gasteiger charge is 2.27. The molecular formula is C14H14F3NO5S. The first-order chi connectivity index (χ1) is 11.3. The van der Waals surface area contributed by atoms with E-state index in [2.05, 4.69) is 4.74 Å². The second kappa shape index (κ2) is 8.13. The van der Waals surface area contributed by atoms with E-state index in [0.29, 0.717) is 24.7 Å². The summed E-state index contributed by atoms with van der Waals surface area (Å²) in [5.74, 6) is -0.616. The molecule has 1 aliphatic rings. The van der Waals surface area contributed by atoms with Crippen LogP contribution in [0.25, 0.3) is 0 Å². The quantitative estimate of drug-likeness (QED) is 0.612. The minimum absolute atomic E-state index is 0.0911. The van der Waals surface area contributed by atoms with E-state index in [-0.39, 0.29) is 5.75 Å². The Labute approximate surface area is 139 Å². The second-order valence-electron chi connectivity index (χ2n) is 4.65. The maximum Gasteiger partial charge on any atom is 0.405 e. The molecule has 0 radical (unpaired) electrons. The third-order valence-electron chi connectivity index (χ3n) is 2.72. The summed E-state index contributed by atoms with van der Waals surface area (Å²) >= 11 is 1.15. The van der Waals surface area contributed by atoms with Crippen LogP contribution in [-0.4, -0.2) is 50.2 Å². The van der Waals surface area contributed by atoms with Gasteiger partial charge < -0.3 is 19.5 Å². The molecule has 6 nitrogen and oxygen atoms in total. The number of nitrogens with one attached hydrogen (secondary N) is 1. The molecule has 1 aromatic rings. The van der Waals surface area contributed by atoms with Gasteiger partial charge >= 0.3 is 12.1 Å². The van der Waals surface area contributed by atoms with Crippen LogP contribution in [0.1, 0.15) is 0 Å². The van der Waals surface area contributed by atoms with Gasteiger partial charge in [-0.2, -0.15) is 13.2 Å². The molecule has 1 heterocycles. The lowest BCUT2D eigenvalue weighted by Gasteiger charge is -2.18. The highest BCUT2D eigenvalue weighted by Crippen LogP contribution is 2.34. The molecule has 2 rings (SSSR count). The van der Waals surface area contributed by atoms with E-state index in [4.69, 9.17) is 9.47 Å². The number of fused-ring (bicyclic) bond motifs is 1. The Morgan fingerprint density at radius 1 is 1.21 bits per heavy atom. The topological polar surface area (TPSA) is 73.9 Å². The molecule has 1 aliphatic heterocycles. The lowest BCUT2D eigenvalue weighted by atomic mass is 10.3. The number of carbonyl (C=O) groups excluding carboxylic acids is 2. The van der Waals surface area contributed by atoms with Crippen molar-refractivity contribution in [2.45, 2.75) is 11.1 Å². The van der Waals surface area contributed by atoms with E-state index in [1.807, 2.05) is 0 Å². The van der Waals surface area contributed by atoms with Crippen LogP contribution >= 0.6 is 11.8 Å². The molecule has 0 atom stereocenters. The van der Waals surface area contributed by atoms with Crippen molar-refractivity contribution in [3.05, 3.63) is 18.2 Å². The first-order valence-corrected chi connectivity index (χ1v) is 7.83. The summed E-state index contributed by atoms with van der Waals surface area (Å²) in [5.41, 5.74) is 0. The van der Waals surface area contributed by atoms with Gasteiger partial charge in [0.05, 0.1) is 5.75 Å². The van der Waals surface area contributed by atoms with Crippen molar-refractivity contribution in [1.29, 1.82) is 0 Å². The molecule has 0 saturated carbocycles. The van der Waals surface area contributed by atoms with Crippen LogP contribution in [0.15, 0.2) is 23.1 Å². The van der Waals surface area contributed by atoms with Crippen molar-refractivity contribution in [3.8, 4) is 11.5 Å². The van der Waals surface area contributed by atoms with E-state index in [1.165, 1.54) is 0 Å². The maximum absolute atomic E-state index is 11.9. The predicted molar refractivity (Wildman–Crippen MR) is 78.2 cm³/mol. The number of carbonyl (C=O) groups is 2. The molecule has 1 aromatic carbocycles. The summed E-state index contributed by atoms with van der Waals surface area (Å²) in [5, 5.41) is 1.61. The normalized spacial score (nSPS) is 13.3. The largest absolute Gasteiger partial charge is 0.486 e. The summed E-state index contributed by atoms with van der Waals surface area (Å²) < 4.78 is 51.1. The first kappa shape index (κ1) is 18.2. The van der Waals surface area contributed by atoms with Gasteiger partial charge in [0.15, 0.2) is 18.1 Å². The molecule has 1 amide bonds. The molecule has 0 saturated heterocycles. The average Bonchev–Trinajstić information content (AvgIpc) is 2.55. The minimum Gasteiger partial charge on any atom is -0.486 e. The van der Waals surface area contributed by atoms with Crippen LogP contribution in [0, 0.1) is 0 Å². The van der Waals surface area contributed by atoms with Crippen molar-refractivity contribution < 1.29 is 37.0 Å². The Bertz CT molecular complexity index is 609. The second-order valence-corrected chi connectivity index (χ2v) is 5.70. The molecule has 10 heteroatoms. The van der Waals surface area contributed by atoms with Gasteiger partial charge in [-0.25, -0.2) is 0 Å². The zero-order valence-electron chi connectivity index (χ0n) is 12.4. The molecule has 0 unspecified atom stereocenters. The van der Waals surface area contributed by atoms with Crippen LogP contribution in [0.2, 0.25) is 0 Å². The highest BCUT2D eigenvalue weighted by atomic mass is 32.2. The van der Waals surface area contributed by atoms with Crippen molar-refractivity contribution in [2.24, 2.45) is 0 Å². The number of alkyl halides is 3. The van der Waals surface area contributed by atoms with Crippen LogP contribution in [0.5, 0.6) is 11.5 Å². The zero-order chi connectivity index (χ0) is 17.6. The Hall–Kier alpha value is -2.10. The number of thioether (sulfide) groups is 1. The van der Waals surface area contributed by atoms with Crippen LogP contribution < -0.4 is 14.8 Å². The zero-order valence-corrected chi connectivity index (χ0v) is 13.2. The number of esters is 1. The number of benzene rings is 1. The van der Waals surface area contributed by atoms with E-state index < -0.39 is 31.2 Å². The Morgan fingerprint density at radius 3 is 2.62 bits per heavy atom. The number of rotatable bonds is 6. The summed E-state index contributed by atoms with van der Waals surface area (Å²) in [4.78, 5) is 23.3. The van der Waals surface area contributed by atoms with E-state index in [1.54, 1.807) is 23.5 Å². The van der Waals surface area contributed by atoms with Gasteiger partial charge in [-0.05, 0) is 18.2 Å². The van der Waals surface area contributed by atoms with Gasteiger partial charge in [-0.15, -0.1) is 11.8 Å². The third kappa shape index (κ3) is 6.19. The molecule has 0 spiro atoms. The number of halogens is 3. The molecule has 0 aromatic heterocycles. The number of ether oxygens (including phenoxy) is 3. The molecule has 24 heavy (non-hydrogen) atoms. The smallest absolute Gasteiger partial charge is 0.405 e. The van der Waals surface area contributed by atoms with Gasteiger partial charge in [-0.3, -0.25) is 9.59 Å². The minimum atomic E-state index is -4.51. The monoisotopic (exact) mass is 365 g/mol. The average molecular weight is 365 g/mol. The van der Waals surface area contributed by atoms with Gasteiger partial charge in [0.25, 0.3) is 5.91 Å². The lowest BCUT2D eigenvalue weighted by Crippen LogP contribution is -2.36. The number of hydrogen-bond acceptors (Lipinski definition) is 6. The van der Waals surface area contributed by atoms with Crippen molar-refractivity contribution in [2.75, 3.05) is 32.1 Å². The van der Waals surface area contributed by atoms with Gasteiger partial charge in [-0.1, -0.05) is 0 Å². The van der Waals surface area contributed by atoms with Crippen molar-refractivity contribution in [1.82, 2.24) is 5.32 Å². The van der Waals surface area contributed by atoms with E-state index in [9.17, 15) is 22.8 Å². The number of amides is 1. The standard InChI is InChI=1S/C14H14F3NO5S/c15-14(16,17)8-18-12(19)6-23-13(20)7-24-9-1-2-10-11(5-9)22-4-3-21-10/h1-2,5H,3-4,6-8H2,(H,18,19). The Balaban J connectivity index is 1.70. The Kier molecular flexibility index (Phi) is 6.18. The van der Waals surface area contributed by atoms with E-state index >= 15 is 0 Å². The SMILES string of the molecule is O=C(COC(=O)CSc1ccc2c(c1)OCCO2)NCC(F)(F)F. The fraction of sp³-hybridized carbons (Fsp3) is 0.429. The van der Waals surface area contributed by atoms with Crippen LogP contribution in [0.4, 0.5) is 13.2 Å². The fourth-order valence-electron chi connectivity index (χ4n) is 1.69. The fourth-order valence-corrected chi connectivity index (χ4v) is 2.42. The summed E-state index contributed by atoms with van der Waals surface area (Å²) in [6.45, 7) is -1.30. The maximum atomic E-state index is 11.9. The van der Waals surface area contributed by atoms with Crippen LogP contribution in [0.3, 0.4) is 0 Å². The van der Waals surface area contributed by atoms with Gasteiger partial charge in [0.2, 0.25) is 0 Å². The molecule has 0 bridgehead atoms. The molecule has 1 N–H and O–H groups in total. The first-order valence-electron chi connectivity index (χ1n) is 6.85. The molecular weight excluding hydrogens is 351 g/mol. The highest BCUT2D eigenvalue weighted by molar-refractivity contribution is 8.00. The van der Waals surface area contributed by atoms with Gasteiger partial charge in [0, 0.05) is 4.90 Å². The van der Waals surface area contributed by atoms with Crippen molar-refractivity contribution in [3.63, 3.8) is 0 Å². The van der Waals surface area contributed by atoms with Crippen LogP contribution in [-0.2, 0) is 14.3 Å². The molecule has 132 valence electrons. The van der Waals surface area contributed by atoms with Crippen molar-refractivity contribution >= 4 is 23.6 Å². The summed E-state index contributed by atoms with van der Waals surface area (Å²) in [6, 6.07) is 5.16. The Morgan fingerprint density at radius 2 is 1.92 bits per heavy atom. The van der Waals surface area contributed by atoms with Gasteiger partial charge in [0.1, 0.15) is 19.8 Å². The lowest BCUT2D eigenvalue weighted by molar-refractivity contribution is -0.149.